The predicted octanol–water partition coefficient (Wildman–Crippen LogP) is 3.99. The summed E-state index contributed by atoms with van der Waals surface area (Å²) in [6.45, 7) is 0.892. The first kappa shape index (κ1) is 16.1. The van der Waals surface area contributed by atoms with Crippen LogP contribution < -0.4 is 0 Å². The Hall–Kier alpha value is -0.290. The molecular weight excluding hydrogens is 319 g/mol. The molecule has 2 rings (SSSR count). The van der Waals surface area contributed by atoms with E-state index in [1.807, 2.05) is 24.3 Å². The van der Waals surface area contributed by atoms with E-state index >= 15 is 0 Å². The van der Waals surface area contributed by atoms with Crippen LogP contribution in [0.4, 0.5) is 0 Å². The van der Waals surface area contributed by atoms with Crippen LogP contribution in [0.3, 0.4) is 0 Å². The molecule has 6 heteroatoms. The predicted molar refractivity (Wildman–Crippen MR) is 81.6 cm³/mol. The molecule has 0 unspecified atom stereocenters. The normalized spacial score (nSPS) is 18.3. The summed E-state index contributed by atoms with van der Waals surface area (Å²) >= 11 is 5.82. The Kier molecular flexibility index (Phi) is 5.35. The van der Waals surface area contributed by atoms with Gasteiger partial charge in [-0.2, -0.15) is 0 Å². The summed E-state index contributed by atoms with van der Waals surface area (Å²) in [5, 5.41) is 0.689. The Bertz CT molecular complexity index is 534. The maximum absolute atomic E-state index is 11.4. The first-order valence-corrected chi connectivity index (χ1v) is 9.49. The summed E-state index contributed by atoms with van der Waals surface area (Å²) in [7, 11) is 1.93. The summed E-state index contributed by atoms with van der Waals surface area (Å²) in [4.78, 5) is 0. The fraction of sp³-hybridized carbons (Fsp3) is 0.571. The van der Waals surface area contributed by atoms with Crippen molar-refractivity contribution in [2.24, 2.45) is 5.41 Å². The van der Waals surface area contributed by atoms with Gasteiger partial charge in [-0.05, 0) is 30.5 Å². The topological polar surface area (TPSA) is 43.4 Å². The van der Waals surface area contributed by atoms with E-state index in [0.29, 0.717) is 18.2 Å². The van der Waals surface area contributed by atoms with Gasteiger partial charge >= 0.3 is 0 Å². The molecule has 0 aromatic heterocycles. The third kappa shape index (κ3) is 4.92. The average molecular weight is 337 g/mol. The SMILES string of the molecule is O=S(=O)(Cl)CC1(COCc2ccc(Cl)cc2)CCCC1. The van der Waals surface area contributed by atoms with E-state index in [4.69, 9.17) is 27.0 Å². The number of rotatable bonds is 6. The minimum Gasteiger partial charge on any atom is -0.376 e. The molecule has 1 aliphatic carbocycles. The first-order chi connectivity index (χ1) is 9.39. The van der Waals surface area contributed by atoms with Crippen LogP contribution in [0.2, 0.25) is 5.02 Å². The maximum Gasteiger partial charge on any atom is 0.233 e. The molecule has 1 aliphatic rings. The molecule has 20 heavy (non-hydrogen) atoms. The van der Waals surface area contributed by atoms with Crippen molar-refractivity contribution in [3.05, 3.63) is 34.9 Å². The molecule has 0 bridgehead atoms. The van der Waals surface area contributed by atoms with E-state index in [0.717, 1.165) is 31.2 Å². The van der Waals surface area contributed by atoms with E-state index in [-0.39, 0.29) is 11.2 Å². The average Bonchev–Trinajstić information content (AvgIpc) is 2.78. The first-order valence-electron chi connectivity index (χ1n) is 6.63. The Balaban J connectivity index is 1.91. The van der Waals surface area contributed by atoms with Crippen LogP contribution in [0.15, 0.2) is 24.3 Å². The van der Waals surface area contributed by atoms with Crippen molar-refractivity contribution in [3.8, 4) is 0 Å². The molecule has 3 nitrogen and oxygen atoms in total. The molecule has 0 aliphatic heterocycles. The van der Waals surface area contributed by atoms with Gasteiger partial charge in [0.15, 0.2) is 0 Å². The molecule has 0 amide bonds. The quantitative estimate of drug-likeness (QED) is 0.738. The molecule has 0 spiro atoms. The van der Waals surface area contributed by atoms with Crippen molar-refractivity contribution < 1.29 is 13.2 Å². The molecule has 1 aromatic rings. The second-order valence-electron chi connectivity index (χ2n) is 5.51. The summed E-state index contributed by atoms with van der Waals surface area (Å²) in [5.74, 6) is 0.00216. The fourth-order valence-electron chi connectivity index (χ4n) is 2.79. The van der Waals surface area contributed by atoms with Gasteiger partial charge in [0.05, 0.1) is 19.0 Å². The van der Waals surface area contributed by atoms with Crippen LogP contribution in [0.1, 0.15) is 31.2 Å². The molecule has 1 fully saturated rings. The van der Waals surface area contributed by atoms with Gasteiger partial charge in [0.2, 0.25) is 9.05 Å². The Morgan fingerprint density at radius 2 is 1.75 bits per heavy atom. The van der Waals surface area contributed by atoms with Gasteiger partial charge in [-0.3, -0.25) is 0 Å². The molecule has 0 N–H and O–H groups in total. The van der Waals surface area contributed by atoms with E-state index in [1.165, 1.54) is 0 Å². The smallest absolute Gasteiger partial charge is 0.233 e. The largest absolute Gasteiger partial charge is 0.376 e. The third-order valence-corrected chi connectivity index (χ3v) is 5.27. The van der Waals surface area contributed by atoms with Crippen molar-refractivity contribution in [1.82, 2.24) is 0 Å². The van der Waals surface area contributed by atoms with Crippen molar-refractivity contribution in [2.45, 2.75) is 32.3 Å². The highest BCUT2D eigenvalue weighted by atomic mass is 35.7. The number of hydrogen-bond donors (Lipinski definition) is 0. The van der Waals surface area contributed by atoms with E-state index in [2.05, 4.69) is 0 Å². The van der Waals surface area contributed by atoms with Crippen LogP contribution in [-0.4, -0.2) is 20.8 Å². The molecular formula is C14H18Cl2O3S. The van der Waals surface area contributed by atoms with Gasteiger partial charge in [-0.15, -0.1) is 0 Å². The van der Waals surface area contributed by atoms with Crippen molar-refractivity contribution in [3.63, 3.8) is 0 Å². The summed E-state index contributed by atoms with van der Waals surface area (Å²) in [6, 6.07) is 7.44. The van der Waals surface area contributed by atoms with Crippen LogP contribution in [0, 0.1) is 5.41 Å². The summed E-state index contributed by atoms with van der Waals surface area (Å²) in [6.07, 6.45) is 3.80. The zero-order chi connectivity index (χ0) is 14.6. The molecule has 0 saturated heterocycles. The molecule has 1 aromatic carbocycles. The molecule has 112 valence electrons. The van der Waals surface area contributed by atoms with Crippen molar-refractivity contribution in [1.29, 1.82) is 0 Å². The molecule has 0 heterocycles. The highest BCUT2D eigenvalue weighted by molar-refractivity contribution is 8.13. The van der Waals surface area contributed by atoms with E-state index < -0.39 is 9.05 Å². The zero-order valence-corrected chi connectivity index (χ0v) is 13.5. The monoisotopic (exact) mass is 336 g/mol. The number of benzene rings is 1. The molecule has 0 atom stereocenters. The lowest BCUT2D eigenvalue weighted by molar-refractivity contribution is 0.0474. The third-order valence-electron chi connectivity index (χ3n) is 3.73. The highest BCUT2D eigenvalue weighted by Gasteiger charge is 2.38. The second kappa shape index (κ2) is 6.65. The van der Waals surface area contributed by atoms with Gasteiger partial charge in [0.25, 0.3) is 0 Å². The van der Waals surface area contributed by atoms with Crippen LogP contribution in [0.5, 0.6) is 0 Å². The Morgan fingerprint density at radius 1 is 1.15 bits per heavy atom. The minimum atomic E-state index is -3.49. The Labute approximate surface area is 129 Å². The Morgan fingerprint density at radius 3 is 2.30 bits per heavy atom. The summed E-state index contributed by atoms with van der Waals surface area (Å²) < 4.78 is 28.4. The number of ether oxygens (including phenoxy) is 1. The van der Waals surface area contributed by atoms with Crippen LogP contribution >= 0.6 is 22.3 Å². The summed E-state index contributed by atoms with van der Waals surface area (Å²) in [5.41, 5.74) is 0.712. The van der Waals surface area contributed by atoms with E-state index in [1.54, 1.807) is 0 Å². The molecule has 0 radical (unpaired) electrons. The fourth-order valence-corrected chi connectivity index (χ4v) is 4.71. The van der Waals surface area contributed by atoms with Crippen molar-refractivity contribution >= 4 is 31.3 Å². The van der Waals surface area contributed by atoms with Crippen LogP contribution in [-0.2, 0) is 20.4 Å². The maximum atomic E-state index is 11.4. The molecule has 1 saturated carbocycles. The van der Waals surface area contributed by atoms with E-state index in [9.17, 15) is 8.42 Å². The van der Waals surface area contributed by atoms with Gasteiger partial charge in [0, 0.05) is 21.1 Å². The second-order valence-corrected chi connectivity index (χ2v) is 8.72. The van der Waals surface area contributed by atoms with Gasteiger partial charge < -0.3 is 4.74 Å². The highest BCUT2D eigenvalue weighted by Crippen LogP contribution is 2.40. The van der Waals surface area contributed by atoms with Gasteiger partial charge in [-0.1, -0.05) is 36.6 Å². The number of halogens is 2. The standard InChI is InChI=1S/C14H18Cl2O3S/c15-13-5-3-12(4-6-13)9-19-10-14(7-1-2-8-14)11-20(16,17)18/h3-6H,1-2,7-11H2. The lowest BCUT2D eigenvalue weighted by atomic mass is 9.90. The van der Waals surface area contributed by atoms with Crippen molar-refractivity contribution in [2.75, 3.05) is 12.4 Å². The van der Waals surface area contributed by atoms with Crippen LogP contribution in [0.25, 0.3) is 0 Å². The lowest BCUT2D eigenvalue weighted by Crippen LogP contribution is -2.30. The minimum absolute atomic E-state index is 0.00216. The van der Waals surface area contributed by atoms with Gasteiger partial charge in [0.1, 0.15) is 0 Å². The lowest BCUT2D eigenvalue weighted by Gasteiger charge is -2.27. The number of hydrogen-bond acceptors (Lipinski definition) is 3. The zero-order valence-electron chi connectivity index (χ0n) is 11.1. The van der Waals surface area contributed by atoms with Gasteiger partial charge in [-0.25, -0.2) is 8.42 Å².